The van der Waals surface area contributed by atoms with Gasteiger partial charge in [-0.3, -0.25) is 19.7 Å². The molecule has 376 valence electrons. The van der Waals surface area contributed by atoms with Gasteiger partial charge in [-0.05, 0) is 133 Å². The first-order valence-electron chi connectivity index (χ1n) is 24.5. The second-order valence-corrected chi connectivity index (χ2v) is 18.6. The molecule has 2 aliphatic heterocycles. The van der Waals surface area contributed by atoms with Crippen LogP contribution in [0, 0.1) is 39.2 Å². The Kier molecular flexibility index (Phi) is 15.6. The first kappa shape index (κ1) is 50.1. The summed E-state index contributed by atoms with van der Waals surface area (Å²) in [7, 11) is 0. The van der Waals surface area contributed by atoms with E-state index in [4.69, 9.17) is 33.7 Å². The van der Waals surface area contributed by atoms with Gasteiger partial charge in [-0.15, -0.1) is 6.58 Å². The number of rotatable bonds is 22. The fourth-order valence-electron chi connectivity index (χ4n) is 10.8. The molecule has 1 saturated carbocycles. The van der Waals surface area contributed by atoms with Crippen LogP contribution in [0.15, 0.2) is 139 Å². The number of nitrogens with zero attached hydrogens (tertiary/aromatic N) is 4. The van der Waals surface area contributed by atoms with Crippen molar-refractivity contribution >= 4 is 23.6 Å². The number of aliphatic hydroxyl groups excluding tert-OH is 2. The van der Waals surface area contributed by atoms with E-state index in [-0.39, 0.29) is 69.6 Å². The molecule has 0 spiro atoms. The van der Waals surface area contributed by atoms with Gasteiger partial charge >= 0.3 is 0 Å². The summed E-state index contributed by atoms with van der Waals surface area (Å²) in [5.41, 5.74) is 4.62. The number of unbranched alkanes of at least 4 members (excludes halogenated alkanes) is 2. The predicted octanol–water partition coefficient (Wildman–Crippen LogP) is 9.98. The summed E-state index contributed by atoms with van der Waals surface area (Å²) in [5, 5.41) is 46.3. The van der Waals surface area contributed by atoms with Gasteiger partial charge in [-0.25, -0.2) is 0 Å². The number of non-ortho nitro benzene ring substituents is 1. The first-order valence-corrected chi connectivity index (χ1v) is 24.5. The summed E-state index contributed by atoms with van der Waals surface area (Å²) < 4.78 is 32.6. The van der Waals surface area contributed by atoms with Crippen molar-refractivity contribution in [3.05, 3.63) is 177 Å². The van der Waals surface area contributed by atoms with Crippen LogP contribution in [0.5, 0.6) is 28.7 Å². The van der Waals surface area contributed by atoms with Gasteiger partial charge in [-0.2, -0.15) is 5.26 Å². The minimum absolute atomic E-state index is 0.0122. The van der Waals surface area contributed by atoms with Crippen molar-refractivity contribution in [3.63, 3.8) is 0 Å². The van der Waals surface area contributed by atoms with Gasteiger partial charge in [0.15, 0.2) is 11.5 Å². The number of benzene rings is 5. The van der Waals surface area contributed by atoms with Gasteiger partial charge in [0.2, 0.25) is 12.6 Å². The van der Waals surface area contributed by atoms with E-state index in [0.717, 1.165) is 35.8 Å². The van der Waals surface area contributed by atoms with Crippen LogP contribution in [-0.4, -0.2) is 76.4 Å². The van der Waals surface area contributed by atoms with E-state index in [1.54, 1.807) is 83.8 Å². The van der Waals surface area contributed by atoms with Gasteiger partial charge in [0.05, 0.1) is 34.8 Å². The maximum Gasteiger partial charge on any atom is 0.269 e. The van der Waals surface area contributed by atoms with Crippen LogP contribution in [0.2, 0.25) is 0 Å². The smallest absolute Gasteiger partial charge is 0.269 e. The number of aldehydes is 1. The number of nitriles is 1. The Labute approximate surface area is 422 Å². The standard InChI is InChI=1S/C57H56N4O12/c1-2-26-70-57-53(60(56(65)41-17-12-37(32-58)13-18-41)33-39-16-22-51-52(28-39)69-36-68-51)31-49(59-71-35-38-14-19-43(20-15-38)61(66)67)47-29-42(9-3-5-24-62)46(11-4-6-25-63)54(55(47)57)48-30-45(21-23-50(48)73-57)72-44-10-7-8-40(27-44)34-64/h2,7-8,10,12-23,27-30,34,42,46,53-55,62-63H,1,3-6,9,11,24-26,31,33,35-36H2/t42-,46+,53-,54+,55+,57+/m0/s1. The molecule has 2 N–H and O–H groups in total. The van der Waals surface area contributed by atoms with Crippen molar-refractivity contribution in [2.24, 2.45) is 22.9 Å². The Bertz CT molecular complexity index is 2930. The third kappa shape index (κ3) is 10.7. The molecule has 1 fully saturated rings. The summed E-state index contributed by atoms with van der Waals surface area (Å²) in [6.45, 7) is 4.20. The highest BCUT2D eigenvalue weighted by atomic mass is 16.7. The largest absolute Gasteiger partial charge is 0.459 e. The maximum absolute atomic E-state index is 15.6. The number of carbonyl (C=O) groups excluding carboxylic acids is 2. The average molecular weight is 989 g/mol. The molecule has 0 aromatic heterocycles. The van der Waals surface area contributed by atoms with Crippen LogP contribution >= 0.6 is 0 Å². The molecule has 4 aliphatic rings. The van der Waals surface area contributed by atoms with Crippen molar-refractivity contribution in [1.29, 1.82) is 5.26 Å². The lowest BCUT2D eigenvalue weighted by Crippen LogP contribution is -2.70. The monoisotopic (exact) mass is 988 g/mol. The number of fused-ring (bicyclic) bond motifs is 3. The zero-order chi connectivity index (χ0) is 50.9. The molecule has 5 aromatic rings. The lowest BCUT2D eigenvalue weighted by atomic mass is 9.55. The number of allylic oxidation sites excluding steroid dienone is 1. The van der Waals surface area contributed by atoms with Crippen molar-refractivity contribution < 1.29 is 53.2 Å². The molecule has 9 rings (SSSR count). The van der Waals surface area contributed by atoms with Gasteiger partial charge in [0, 0.05) is 60.9 Å². The number of hydrogen-bond donors (Lipinski definition) is 2. The number of carbonyl (C=O) groups is 2. The fourth-order valence-corrected chi connectivity index (χ4v) is 10.8. The lowest BCUT2D eigenvalue weighted by molar-refractivity contribution is -0.384. The van der Waals surface area contributed by atoms with E-state index in [0.29, 0.717) is 82.4 Å². The number of ether oxygens (including phenoxy) is 5. The van der Waals surface area contributed by atoms with Gasteiger partial charge < -0.3 is 43.6 Å². The molecule has 0 unspecified atom stereocenters. The zero-order valence-electron chi connectivity index (χ0n) is 40.2. The SMILES string of the molecule is C=CCO[C@@]12Oc3ccc(Oc4cccc(C=O)c4)cc3[C@H]3[C@H](CCCCO)[C@@H](CCCCO)C=C(C(=NOCc4ccc([N+](=O)[O-])cc4)C[C@@H]1N(Cc1ccc4c(c1)OCO4)C(=O)c1ccc(C#N)cc1)[C@H]32. The minimum Gasteiger partial charge on any atom is -0.459 e. The van der Waals surface area contributed by atoms with Crippen molar-refractivity contribution in [2.45, 2.75) is 75.8 Å². The van der Waals surface area contributed by atoms with Crippen LogP contribution in [-0.2, 0) is 22.7 Å². The third-order valence-corrected chi connectivity index (χ3v) is 14.1. The van der Waals surface area contributed by atoms with Crippen LogP contribution in [0.1, 0.15) is 93.8 Å². The second kappa shape index (κ2) is 22.7. The number of nitro benzene ring substituents is 1. The Morgan fingerprint density at radius 3 is 2.38 bits per heavy atom. The lowest BCUT2D eigenvalue weighted by Gasteiger charge is -2.60. The van der Waals surface area contributed by atoms with Crippen LogP contribution in [0.3, 0.4) is 0 Å². The number of oxime groups is 1. The maximum atomic E-state index is 15.6. The fraction of sp³-hybridized carbons (Fsp3) is 0.333. The normalized spacial score (nSPS) is 21.6. The Morgan fingerprint density at radius 2 is 1.64 bits per heavy atom. The summed E-state index contributed by atoms with van der Waals surface area (Å²) in [6.07, 6.45) is 8.72. The van der Waals surface area contributed by atoms with E-state index in [9.17, 15) is 30.4 Å². The zero-order valence-corrected chi connectivity index (χ0v) is 40.2. The summed E-state index contributed by atoms with van der Waals surface area (Å²) >= 11 is 0. The quantitative estimate of drug-likeness (QED) is 0.0218. The minimum atomic E-state index is -1.63. The topological polar surface area (TPSA) is 213 Å². The highest BCUT2D eigenvalue weighted by molar-refractivity contribution is 6.03. The molecule has 2 heterocycles. The van der Waals surface area contributed by atoms with E-state index < -0.39 is 28.6 Å². The molecular formula is C57H56N4O12. The van der Waals surface area contributed by atoms with Crippen LogP contribution in [0.4, 0.5) is 5.69 Å². The molecule has 0 saturated heterocycles. The predicted molar refractivity (Wildman–Crippen MR) is 268 cm³/mol. The van der Waals surface area contributed by atoms with Crippen molar-refractivity contribution in [1.82, 2.24) is 4.90 Å². The highest BCUT2D eigenvalue weighted by Gasteiger charge is 2.65. The van der Waals surface area contributed by atoms with E-state index in [1.165, 1.54) is 12.1 Å². The molecule has 16 nitrogen and oxygen atoms in total. The number of hydrogen-bond acceptors (Lipinski definition) is 14. The Balaban J connectivity index is 1.26. The molecule has 6 atom stereocenters. The molecular weight excluding hydrogens is 933 g/mol. The number of aliphatic hydroxyl groups is 2. The first-order chi connectivity index (χ1) is 35.7. The van der Waals surface area contributed by atoms with E-state index in [2.05, 4.69) is 18.7 Å². The second-order valence-electron chi connectivity index (χ2n) is 18.6. The summed E-state index contributed by atoms with van der Waals surface area (Å²) in [4.78, 5) is 46.4. The van der Waals surface area contributed by atoms with Crippen LogP contribution < -0.4 is 18.9 Å². The summed E-state index contributed by atoms with van der Waals surface area (Å²) in [6, 6.07) is 31.7. The third-order valence-electron chi connectivity index (χ3n) is 14.1. The summed E-state index contributed by atoms with van der Waals surface area (Å²) in [5.74, 6) is -0.656. The number of nitro groups is 1. The van der Waals surface area contributed by atoms with Crippen LogP contribution in [0.25, 0.3) is 0 Å². The Morgan fingerprint density at radius 1 is 0.904 bits per heavy atom. The van der Waals surface area contributed by atoms with E-state index >= 15 is 4.79 Å². The molecule has 1 amide bonds. The van der Waals surface area contributed by atoms with Crippen molar-refractivity contribution in [2.75, 3.05) is 26.6 Å². The molecule has 2 aliphatic carbocycles. The molecule has 0 radical (unpaired) electrons. The van der Waals surface area contributed by atoms with Gasteiger partial charge in [0.25, 0.3) is 11.6 Å². The molecule has 5 aromatic carbocycles. The molecule has 73 heavy (non-hydrogen) atoms. The van der Waals surface area contributed by atoms with Gasteiger partial charge in [0.1, 0.15) is 36.2 Å². The number of amides is 1. The Hall–Kier alpha value is -7.84. The van der Waals surface area contributed by atoms with Crippen molar-refractivity contribution in [3.8, 4) is 34.8 Å². The van der Waals surface area contributed by atoms with Gasteiger partial charge in [-0.1, -0.05) is 48.3 Å². The highest BCUT2D eigenvalue weighted by Crippen LogP contribution is 2.62. The molecule has 0 bridgehead atoms. The molecule has 16 heteroatoms. The average Bonchev–Trinajstić information content (AvgIpc) is 3.89. The van der Waals surface area contributed by atoms with E-state index in [1.807, 2.05) is 24.3 Å².